The lowest BCUT2D eigenvalue weighted by atomic mass is 9.91. The minimum atomic E-state index is -0.635. The monoisotopic (exact) mass is 379 g/mol. The van der Waals surface area contributed by atoms with Gasteiger partial charge in [0, 0.05) is 12.3 Å². The molecule has 144 valence electrons. The molecule has 1 saturated heterocycles. The van der Waals surface area contributed by atoms with Gasteiger partial charge in [0.2, 0.25) is 5.76 Å². The Balaban J connectivity index is 1.67. The van der Waals surface area contributed by atoms with Crippen LogP contribution >= 0.6 is 0 Å². The normalized spacial score (nSPS) is 24.2. The highest BCUT2D eigenvalue weighted by molar-refractivity contribution is 5.86. The standard InChI is InChI=1S/C22H21NO5/c1-26-21(24)19-12-17(15-8-4-2-5-9-15)13-20(28-19)23-18(14-27-22(23)25)16-10-6-3-7-11-16/h2-12,17-18,20H,13-14H2,1H3/t17-,18-,20+/m0/s1. The number of esters is 1. The number of carbonyl (C=O) groups is 2. The number of benzene rings is 2. The van der Waals surface area contributed by atoms with Crippen LogP contribution in [-0.4, -0.2) is 36.9 Å². The molecular weight excluding hydrogens is 358 g/mol. The first-order valence-electron chi connectivity index (χ1n) is 9.19. The van der Waals surface area contributed by atoms with Gasteiger partial charge in [0.1, 0.15) is 6.61 Å². The molecule has 0 aromatic heterocycles. The zero-order valence-electron chi connectivity index (χ0n) is 15.5. The van der Waals surface area contributed by atoms with E-state index in [0.717, 1.165) is 11.1 Å². The zero-order valence-corrected chi connectivity index (χ0v) is 15.5. The molecule has 0 N–H and O–H groups in total. The van der Waals surface area contributed by atoms with Crippen molar-refractivity contribution < 1.29 is 23.8 Å². The molecule has 28 heavy (non-hydrogen) atoms. The summed E-state index contributed by atoms with van der Waals surface area (Å²) in [5.74, 6) is -0.535. The van der Waals surface area contributed by atoms with Crippen molar-refractivity contribution in [1.82, 2.24) is 4.90 Å². The number of carbonyl (C=O) groups excluding carboxylic acids is 2. The van der Waals surface area contributed by atoms with Crippen LogP contribution in [0.2, 0.25) is 0 Å². The SMILES string of the molecule is COC(=O)C1=C[C@H](c2ccccc2)C[C@H](N2C(=O)OC[C@H]2c2ccccc2)O1. The van der Waals surface area contributed by atoms with E-state index in [1.165, 1.54) is 7.11 Å². The highest BCUT2D eigenvalue weighted by atomic mass is 16.6. The number of hydrogen-bond donors (Lipinski definition) is 0. The van der Waals surface area contributed by atoms with E-state index < -0.39 is 18.3 Å². The van der Waals surface area contributed by atoms with Crippen molar-refractivity contribution >= 4 is 12.1 Å². The van der Waals surface area contributed by atoms with Gasteiger partial charge in [-0.3, -0.25) is 4.90 Å². The summed E-state index contributed by atoms with van der Waals surface area (Å²) < 4.78 is 16.1. The minimum Gasteiger partial charge on any atom is -0.463 e. The number of ether oxygens (including phenoxy) is 3. The number of cyclic esters (lactones) is 1. The molecule has 2 aliphatic heterocycles. The Morgan fingerprint density at radius 2 is 1.68 bits per heavy atom. The van der Waals surface area contributed by atoms with E-state index in [-0.39, 0.29) is 24.3 Å². The van der Waals surface area contributed by atoms with Gasteiger partial charge in [-0.05, 0) is 17.2 Å². The third-order valence-corrected chi connectivity index (χ3v) is 5.09. The van der Waals surface area contributed by atoms with Crippen molar-refractivity contribution in [2.24, 2.45) is 0 Å². The van der Waals surface area contributed by atoms with Crippen molar-refractivity contribution in [1.29, 1.82) is 0 Å². The number of amides is 1. The Bertz CT molecular complexity index is 880. The van der Waals surface area contributed by atoms with Gasteiger partial charge in [-0.1, -0.05) is 60.7 Å². The molecule has 6 heteroatoms. The highest BCUT2D eigenvalue weighted by Gasteiger charge is 2.43. The summed E-state index contributed by atoms with van der Waals surface area (Å²) in [6, 6.07) is 19.2. The van der Waals surface area contributed by atoms with E-state index >= 15 is 0 Å². The Morgan fingerprint density at radius 3 is 2.32 bits per heavy atom. The lowest BCUT2D eigenvalue weighted by molar-refractivity contribution is -0.144. The molecule has 0 saturated carbocycles. The lowest BCUT2D eigenvalue weighted by Crippen LogP contribution is -2.43. The van der Waals surface area contributed by atoms with Crippen LogP contribution in [0.5, 0.6) is 0 Å². The molecule has 0 bridgehead atoms. The first-order valence-corrected chi connectivity index (χ1v) is 9.19. The van der Waals surface area contributed by atoms with Gasteiger partial charge in [-0.15, -0.1) is 0 Å². The third-order valence-electron chi connectivity index (χ3n) is 5.09. The summed E-state index contributed by atoms with van der Waals surface area (Å²) in [6.07, 6.45) is 1.20. The summed E-state index contributed by atoms with van der Waals surface area (Å²) in [5.41, 5.74) is 2.00. The molecule has 2 heterocycles. The van der Waals surface area contributed by atoms with Gasteiger partial charge in [0.25, 0.3) is 0 Å². The number of hydrogen-bond acceptors (Lipinski definition) is 5. The van der Waals surface area contributed by atoms with Gasteiger partial charge in [-0.2, -0.15) is 0 Å². The number of nitrogens with zero attached hydrogens (tertiary/aromatic N) is 1. The number of methoxy groups -OCH3 is 1. The number of rotatable bonds is 4. The quantitative estimate of drug-likeness (QED) is 0.757. The first kappa shape index (κ1) is 18.1. The van der Waals surface area contributed by atoms with E-state index in [9.17, 15) is 9.59 Å². The van der Waals surface area contributed by atoms with E-state index in [1.54, 1.807) is 11.0 Å². The molecular formula is C22H21NO5. The summed E-state index contributed by atoms with van der Waals surface area (Å²) in [7, 11) is 1.31. The maximum absolute atomic E-state index is 12.5. The molecule has 0 unspecified atom stereocenters. The van der Waals surface area contributed by atoms with Crippen LogP contribution in [0.1, 0.15) is 29.5 Å². The van der Waals surface area contributed by atoms with Gasteiger partial charge < -0.3 is 14.2 Å². The molecule has 2 aromatic rings. The van der Waals surface area contributed by atoms with Crippen molar-refractivity contribution in [2.45, 2.75) is 24.6 Å². The van der Waals surface area contributed by atoms with Crippen LogP contribution in [0.25, 0.3) is 0 Å². The van der Waals surface area contributed by atoms with E-state index in [4.69, 9.17) is 14.2 Å². The fraction of sp³-hybridized carbons (Fsp3) is 0.273. The smallest absolute Gasteiger partial charge is 0.413 e. The lowest BCUT2D eigenvalue weighted by Gasteiger charge is -2.36. The molecule has 0 spiro atoms. The first-order chi connectivity index (χ1) is 13.7. The second kappa shape index (κ2) is 7.76. The molecule has 6 nitrogen and oxygen atoms in total. The Labute approximate surface area is 163 Å². The van der Waals surface area contributed by atoms with E-state index in [2.05, 4.69) is 0 Å². The van der Waals surface area contributed by atoms with Crippen LogP contribution < -0.4 is 0 Å². The van der Waals surface area contributed by atoms with Crippen molar-refractivity contribution in [3.63, 3.8) is 0 Å². The second-order valence-corrected chi connectivity index (χ2v) is 6.76. The molecule has 2 aliphatic rings. The Kier molecular flexibility index (Phi) is 5.02. The van der Waals surface area contributed by atoms with Crippen molar-refractivity contribution in [2.75, 3.05) is 13.7 Å². The van der Waals surface area contributed by atoms with E-state index in [0.29, 0.717) is 6.42 Å². The van der Waals surface area contributed by atoms with Crippen LogP contribution in [0.15, 0.2) is 72.5 Å². The van der Waals surface area contributed by atoms with Crippen LogP contribution in [-0.2, 0) is 19.0 Å². The van der Waals surface area contributed by atoms with Gasteiger partial charge in [0.15, 0.2) is 6.23 Å². The largest absolute Gasteiger partial charge is 0.463 e. The van der Waals surface area contributed by atoms with Crippen LogP contribution in [0.3, 0.4) is 0 Å². The van der Waals surface area contributed by atoms with Gasteiger partial charge in [0.05, 0.1) is 13.2 Å². The minimum absolute atomic E-state index is 0.0844. The van der Waals surface area contributed by atoms with Gasteiger partial charge in [-0.25, -0.2) is 9.59 Å². The van der Waals surface area contributed by atoms with Crippen molar-refractivity contribution in [3.8, 4) is 0 Å². The zero-order chi connectivity index (χ0) is 19.5. The maximum Gasteiger partial charge on any atom is 0.413 e. The molecule has 1 amide bonds. The van der Waals surface area contributed by atoms with Crippen LogP contribution in [0, 0.1) is 0 Å². The fourth-order valence-corrected chi connectivity index (χ4v) is 3.70. The Hall–Kier alpha value is -3.28. The predicted octanol–water partition coefficient (Wildman–Crippen LogP) is 3.77. The Morgan fingerprint density at radius 1 is 1.04 bits per heavy atom. The fourth-order valence-electron chi connectivity index (χ4n) is 3.70. The summed E-state index contributed by atoms with van der Waals surface area (Å²) >= 11 is 0. The molecule has 1 fully saturated rings. The molecule has 0 radical (unpaired) electrons. The predicted molar refractivity (Wildman–Crippen MR) is 101 cm³/mol. The average molecular weight is 379 g/mol. The topological polar surface area (TPSA) is 65.1 Å². The maximum atomic E-state index is 12.5. The molecule has 4 rings (SSSR count). The van der Waals surface area contributed by atoms with Crippen molar-refractivity contribution in [3.05, 3.63) is 83.6 Å². The summed E-state index contributed by atoms with van der Waals surface area (Å²) in [5, 5.41) is 0. The number of allylic oxidation sites excluding steroid dienone is 1. The van der Waals surface area contributed by atoms with Gasteiger partial charge >= 0.3 is 12.1 Å². The second-order valence-electron chi connectivity index (χ2n) is 6.76. The molecule has 2 aromatic carbocycles. The molecule has 0 aliphatic carbocycles. The third kappa shape index (κ3) is 3.45. The molecule has 3 atom stereocenters. The summed E-state index contributed by atoms with van der Waals surface area (Å²) in [4.78, 5) is 26.3. The average Bonchev–Trinajstić information content (AvgIpc) is 3.15. The van der Waals surface area contributed by atoms with E-state index in [1.807, 2.05) is 60.7 Å². The summed E-state index contributed by atoms with van der Waals surface area (Å²) in [6.45, 7) is 0.246. The van der Waals surface area contributed by atoms with Crippen LogP contribution in [0.4, 0.5) is 4.79 Å². The highest BCUT2D eigenvalue weighted by Crippen LogP contribution is 2.38.